The van der Waals surface area contributed by atoms with Crippen LogP contribution in [-0.4, -0.2) is 16.1 Å². The lowest BCUT2D eigenvalue weighted by atomic mass is 10.1. The Balaban J connectivity index is 2.56. The highest BCUT2D eigenvalue weighted by molar-refractivity contribution is 6.00. The Kier molecular flexibility index (Phi) is 2.36. The lowest BCUT2D eigenvalue weighted by molar-refractivity contribution is 0.0699. The van der Waals surface area contributed by atoms with Gasteiger partial charge in [-0.05, 0) is 29.8 Å². The van der Waals surface area contributed by atoms with Crippen LogP contribution in [0.4, 0.5) is 10.1 Å². The molecule has 4 N–H and O–H groups in total. The summed E-state index contributed by atoms with van der Waals surface area (Å²) in [4.78, 5) is 13.7. The minimum Gasteiger partial charge on any atom is -0.478 e. The van der Waals surface area contributed by atoms with Crippen molar-refractivity contribution in [2.24, 2.45) is 0 Å². The summed E-state index contributed by atoms with van der Waals surface area (Å²) >= 11 is 0. The van der Waals surface area contributed by atoms with E-state index in [1.165, 1.54) is 30.5 Å². The van der Waals surface area contributed by atoms with Crippen LogP contribution >= 0.6 is 0 Å². The molecule has 0 saturated heterocycles. The molecule has 0 fully saturated rings. The van der Waals surface area contributed by atoms with E-state index in [0.717, 1.165) is 0 Å². The van der Waals surface area contributed by atoms with Crippen LogP contribution in [0.1, 0.15) is 10.4 Å². The quantitative estimate of drug-likeness (QED) is 0.725. The number of benzene rings is 1. The van der Waals surface area contributed by atoms with Crippen LogP contribution < -0.4 is 5.73 Å². The number of carboxylic acid groups (broad SMARTS) is 1. The second kappa shape index (κ2) is 3.69. The SMILES string of the molecule is Nc1c[nH]c(-c2ccc(F)cc2)c1C(=O)O. The maximum Gasteiger partial charge on any atom is 0.340 e. The highest BCUT2D eigenvalue weighted by Gasteiger charge is 2.17. The highest BCUT2D eigenvalue weighted by Crippen LogP contribution is 2.26. The average molecular weight is 220 g/mol. The van der Waals surface area contributed by atoms with E-state index < -0.39 is 5.97 Å². The third kappa shape index (κ3) is 1.63. The molecule has 4 nitrogen and oxygen atoms in total. The molecule has 16 heavy (non-hydrogen) atoms. The average Bonchev–Trinajstić information content (AvgIpc) is 2.61. The van der Waals surface area contributed by atoms with E-state index >= 15 is 0 Å². The van der Waals surface area contributed by atoms with Gasteiger partial charge < -0.3 is 15.8 Å². The minimum absolute atomic E-state index is 0.00612. The molecule has 0 saturated carbocycles. The van der Waals surface area contributed by atoms with E-state index in [0.29, 0.717) is 11.3 Å². The molecule has 5 heteroatoms. The van der Waals surface area contributed by atoms with Crippen molar-refractivity contribution < 1.29 is 14.3 Å². The van der Waals surface area contributed by atoms with Crippen LogP contribution in [0.5, 0.6) is 0 Å². The Morgan fingerprint density at radius 1 is 1.31 bits per heavy atom. The number of anilines is 1. The molecule has 0 aliphatic heterocycles. The molecule has 1 heterocycles. The number of aromatic amines is 1. The fourth-order valence-electron chi connectivity index (χ4n) is 1.51. The summed E-state index contributed by atoms with van der Waals surface area (Å²) < 4.78 is 12.7. The predicted molar refractivity (Wildman–Crippen MR) is 57.6 cm³/mol. The molecule has 82 valence electrons. The molecule has 0 unspecified atom stereocenters. The van der Waals surface area contributed by atoms with Gasteiger partial charge in [-0.15, -0.1) is 0 Å². The van der Waals surface area contributed by atoms with Crippen LogP contribution in [0, 0.1) is 5.82 Å². The van der Waals surface area contributed by atoms with Crippen molar-refractivity contribution in [3.05, 3.63) is 41.8 Å². The van der Waals surface area contributed by atoms with Crippen molar-refractivity contribution in [3.63, 3.8) is 0 Å². The summed E-state index contributed by atoms with van der Waals surface area (Å²) in [5.41, 5.74) is 6.65. The molecule has 0 bridgehead atoms. The minimum atomic E-state index is -1.11. The largest absolute Gasteiger partial charge is 0.478 e. The van der Waals surface area contributed by atoms with Gasteiger partial charge in [0.15, 0.2) is 0 Å². The monoisotopic (exact) mass is 220 g/mol. The first-order chi connectivity index (χ1) is 7.59. The summed E-state index contributed by atoms with van der Waals surface area (Å²) in [6.45, 7) is 0. The van der Waals surface area contributed by atoms with E-state index in [1.807, 2.05) is 0 Å². The van der Waals surface area contributed by atoms with Crippen molar-refractivity contribution in [2.45, 2.75) is 0 Å². The van der Waals surface area contributed by atoms with Gasteiger partial charge in [-0.3, -0.25) is 0 Å². The van der Waals surface area contributed by atoms with Gasteiger partial charge in [0.05, 0.1) is 11.4 Å². The fraction of sp³-hybridized carbons (Fsp3) is 0. The van der Waals surface area contributed by atoms with Gasteiger partial charge in [0.1, 0.15) is 11.4 Å². The second-order valence-electron chi connectivity index (χ2n) is 3.31. The zero-order chi connectivity index (χ0) is 11.7. The summed E-state index contributed by atoms with van der Waals surface area (Å²) in [6, 6.07) is 5.51. The summed E-state index contributed by atoms with van der Waals surface area (Å²) in [6.07, 6.45) is 1.40. The zero-order valence-corrected chi connectivity index (χ0v) is 8.20. The first kappa shape index (κ1) is 10.2. The van der Waals surface area contributed by atoms with Crippen molar-refractivity contribution >= 4 is 11.7 Å². The normalized spacial score (nSPS) is 10.3. The van der Waals surface area contributed by atoms with Crippen molar-refractivity contribution in [2.75, 3.05) is 5.73 Å². The molecule has 1 aromatic heterocycles. The van der Waals surface area contributed by atoms with E-state index in [1.54, 1.807) is 0 Å². The van der Waals surface area contributed by atoms with Crippen molar-refractivity contribution in [1.29, 1.82) is 0 Å². The van der Waals surface area contributed by atoms with Crippen molar-refractivity contribution in [1.82, 2.24) is 4.98 Å². The van der Waals surface area contributed by atoms with E-state index in [2.05, 4.69) is 4.98 Å². The Morgan fingerprint density at radius 3 is 2.50 bits per heavy atom. The number of nitrogens with one attached hydrogen (secondary N) is 1. The van der Waals surface area contributed by atoms with Gasteiger partial charge >= 0.3 is 5.97 Å². The summed E-state index contributed by atoms with van der Waals surface area (Å²) in [7, 11) is 0. The zero-order valence-electron chi connectivity index (χ0n) is 8.20. The van der Waals surface area contributed by atoms with Crippen LogP contribution in [0.3, 0.4) is 0 Å². The Morgan fingerprint density at radius 2 is 1.94 bits per heavy atom. The molecule has 1 aromatic carbocycles. The van der Waals surface area contributed by atoms with Gasteiger partial charge in [-0.2, -0.15) is 0 Å². The smallest absolute Gasteiger partial charge is 0.340 e. The van der Waals surface area contributed by atoms with Gasteiger partial charge in [0.25, 0.3) is 0 Å². The first-order valence-corrected chi connectivity index (χ1v) is 4.55. The number of carbonyl (C=O) groups is 1. The Labute approximate surface area is 90.5 Å². The molecule has 2 aromatic rings. The second-order valence-corrected chi connectivity index (χ2v) is 3.31. The van der Waals surface area contributed by atoms with Gasteiger partial charge in [0.2, 0.25) is 0 Å². The van der Waals surface area contributed by atoms with E-state index in [9.17, 15) is 9.18 Å². The highest BCUT2D eigenvalue weighted by atomic mass is 19.1. The number of halogens is 1. The van der Waals surface area contributed by atoms with Gasteiger partial charge in [-0.25, -0.2) is 9.18 Å². The van der Waals surface area contributed by atoms with Gasteiger partial charge in [0, 0.05) is 6.20 Å². The maximum absolute atomic E-state index is 12.7. The summed E-state index contributed by atoms with van der Waals surface area (Å²) in [5.74, 6) is -1.49. The topological polar surface area (TPSA) is 79.1 Å². The number of aromatic nitrogens is 1. The van der Waals surface area contributed by atoms with Crippen LogP contribution in [0.2, 0.25) is 0 Å². The number of nitrogens with two attached hydrogens (primary N) is 1. The number of nitrogen functional groups attached to an aromatic ring is 1. The van der Waals surface area contributed by atoms with Crippen LogP contribution in [-0.2, 0) is 0 Å². The molecular weight excluding hydrogens is 211 g/mol. The molecule has 0 amide bonds. The lowest BCUT2D eigenvalue weighted by Crippen LogP contribution is -2.01. The first-order valence-electron chi connectivity index (χ1n) is 4.55. The number of rotatable bonds is 2. The third-order valence-electron chi connectivity index (χ3n) is 2.26. The summed E-state index contributed by atoms with van der Waals surface area (Å²) in [5, 5.41) is 8.98. The number of H-pyrrole nitrogens is 1. The maximum atomic E-state index is 12.7. The standard InChI is InChI=1S/C11H9FN2O2/c12-7-3-1-6(2-4-7)10-9(11(15)16)8(13)5-14-10/h1-5,14H,13H2,(H,15,16). The Hall–Kier alpha value is -2.30. The van der Waals surface area contributed by atoms with E-state index in [-0.39, 0.29) is 17.1 Å². The van der Waals surface area contributed by atoms with Crippen LogP contribution in [0.15, 0.2) is 30.5 Å². The molecular formula is C11H9FN2O2. The molecule has 0 aliphatic rings. The van der Waals surface area contributed by atoms with Crippen LogP contribution in [0.25, 0.3) is 11.3 Å². The predicted octanol–water partition coefficient (Wildman–Crippen LogP) is 2.10. The number of aromatic carboxylic acids is 1. The molecule has 0 aliphatic carbocycles. The molecule has 0 radical (unpaired) electrons. The molecule has 2 rings (SSSR count). The number of hydrogen-bond acceptors (Lipinski definition) is 2. The third-order valence-corrected chi connectivity index (χ3v) is 2.26. The van der Waals surface area contributed by atoms with Crippen molar-refractivity contribution in [3.8, 4) is 11.3 Å². The number of hydrogen-bond donors (Lipinski definition) is 3. The fourth-order valence-corrected chi connectivity index (χ4v) is 1.51. The Bertz CT molecular complexity index is 531. The van der Waals surface area contributed by atoms with Gasteiger partial charge in [-0.1, -0.05) is 0 Å². The molecule has 0 atom stereocenters. The number of carboxylic acids is 1. The molecule has 0 spiro atoms. The lowest BCUT2D eigenvalue weighted by Gasteiger charge is -2.01. The van der Waals surface area contributed by atoms with E-state index in [4.69, 9.17) is 10.8 Å².